The van der Waals surface area contributed by atoms with Crippen molar-refractivity contribution in [3.8, 4) is 0 Å². The summed E-state index contributed by atoms with van der Waals surface area (Å²) in [6.07, 6.45) is 1.03. The highest BCUT2D eigenvalue weighted by atomic mass is 14.5. The molecule has 54 valence electrons. The van der Waals surface area contributed by atoms with Gasteiger partial charge in [-0.15, -0.1) is 0 Å². The predicted octanol–water partition coefficient (Wildman–Crippen LogP) is 1.94. The second-order valence-corrected chi connectivity index (χ2v) is 3.20. The molecule has 0 bridgehead atoms. The first-order valence-electron chi connectivity index (χ1n) is 3.37. The Labute approximate surface area is 57.9 Å². The third kappa shape index (κ3) is 2.66. The Morgan fingerprint density at radius 1 is 1.56 bits per heavy atom. The van der Waals surface area contributed by atoms with Gasteiger partial charge in [-0.3, -0.25) is 0 Å². The molecular weight excluding hydrogens is 110 g/mol. The Morgan fingerprint density at radius 3 is 2.11 bits per heavy atom. The summed E-state index contributed by atoms with van der Waals surface area (Å²) in [5, 5.41) is 0. The monoisotopic (exact) mass is 127 g/mol. The summed E-state index contributed by atoms with van der Waals surface area (Å²) in [4.78, 5) is 0. The highest BCUT2D eigenvalue weighted by molar-refractivity contribution is 5.02. The van der Waals surface area contributed by atoms with E-state index < -0.39 is 0 Å². The van der Waals surface area contributed by atoms with Crippen LogP contribution in [-0.2, 0) is 0 Å². The molecule has 0 amide bonds. The molecule has 0 aromatic heterocycles. The van der Waals surface area contributed by atoms with E-state index in [9.17, 15) is 0 Å². The number of allylic oxidation sites excluding steroid dienone is 1. The van der Waals surface area contributed by atoms with Gasteiger partial charge in [0.2, 0.25) is 0 Å². The largest absolute Gasteiger partial charge is 0.330 e. The van der Waals surface area contributed by atoms with E-state index in [0.29, 0.717) is 0 Å². The van der Waals surface area contributed by atoms with Crippen molar-refractivity contribution in [1.82, 2.24) is 0 Å². The zero-order chi connectivity index (χ0) is 7.49. The van der Waals surface area contributed by atoms with Crippen molar-refractivity contribution in [2.24, 2.45) is 11.1 Å². The van der Waals surface area contributed by atoms with Crippen LogP contribution >= 0.6 is 0 Å². The SMILES string of the molecule is C=C(C)C(C)(C)CCN. The topological polar surface area (TPSA) is 26.0 Å². The first-order chi connectivity index (χ1) is 4.00. The minimum Gasteiger partial charge on any atom is -0.330 e. The van der Waals surface area contributed by atoms with Crippen molar-refractivity contribution >= 4 is 0 Å². The molecule has 0 aromatic carbocycles. The summed E-state index contributed by atoms with van der Waals surface area (Å²) in [6.45, 7) is 11.0. The van der Waals surface area contributed by atoms with Crippen molar-refractivity contribution in [3.05, 3.63) is 12.2 Å². The minimum atomic E-state index is 0.231. The molecule has 0 aliphatic heterocycles. The fourth-order valence-corrected chi connectivity index (χ4v) is 0.574. The van der Waals surface area contributed by atoms with Gasteiger partial charge in [-0.05, 0) is 25.3 Å². The van der Waals surface area contributed by atoms with Crippen LogP contribution in [0.1, 0.15) is 27.2 Å². The molecule has 0 aromatic rings. The van der Waals surface area contributed by atoms with E-state index in [1.54, 1.807) is 0 Å². The van der Waals surface area contributed by atoms with E-state index in [2.05, 4.69) is 27.4 Å². The lowest BCUT2D eigenvalue weighted by atomic mass is 9.83. The average molecular weight is 127 g/mol. The molecule has 1 nitrogen and oxygen atoms in total. The third-order valence-electron chi connectivity index (χ3n) is 1.92. The summed E-state index contributed by atoms with van der Waals surface area (Å²) in [6, 6.07) is 0. The first kappa shape index (κ1) is 8.70. The van der Waals surface area contributed by atoms with Crippen LogP contribution in [0.4, 0.5) is 0 Å². The number of hydrogen-bond donors (Lipinski definition) is 1. The van der Waals surface area contributed by atoms with E-state index in [-0.39, 0.29) is 5.41 Å². The minimum absolute atomic E-state index is 0.231. The van der Waals surface area contributed by atoms with Crippen molar-refractivity contribution in [1.29, 1.82) is 0 Å². The second-order valence-electron chi connectivity index (χ2n) is 3.20. The van der Waals surface area contributed by atoms with Crippen molar-refractivity contribution in [2.45, 2.75) is 27.2 Å². The maximum absolute atomic E-state index is 5.41. The zero-order valence-electron chi connectivity index (χ0n) is 6.70. The van der Waals surface area contributed by atoms with Gasteiger partial charge in [0, 0.05) is 0 Å². The Bertz CT molecular complexity index is 103. The summed E-state index contributed by atoms with van der Waals surface area (Å²) in [5.74, 6) is 0. The Balaban J connectivity index is 3.85. The van der Waals surface area contributed by atoms with Gasteiger partial charge >= 0.3 is 0 Å². The third-order valence-corrected chi connectivity index (χ3v) is 1.92. The lowest BCUT2D eigenvalue weighted by Crippen LogP contribution is -2.17. The highest BCUT2D eigenvalue weighted by Gasteiger charge is 2.16. The Hall–Kier alpha value is -0.300. The van der Waals surface area contributed by atoms with Crippen LogP contribution in [0.25, 0.3) is 0 Å². The van der Waals surface area contributed by atoms with E-state index in [4.69, 9.17) is 5.73 Å². The van der Waals surface area contributed by atoms with E-state index in [0.717, 1.165) is 13.0 Å². The zero-order valence-corrected chi connectivity index (χ0v) is 6.70. The van der Waals surface area contributed by atoms with Gasteiger partial charge in [0.05, 0.1) is 0 Å². The molecular formula is C8H17N. The Kier molecular flexibility index (Phi) is 2.92. The van der Waals surface area contributed by atoms with Gasteiger partial charge < -0.3 is 5.73 Å². The maximum atomic E-state index is 5.41. The van der Waals surface area contributed by atoms with Crippen LogP contribution in [0.3, 0.4) is 0 Å². The fraction of sp³-hybridized carbons (Fsp3) is 0.750. The molecule has 0 saturated carbocycles. The predicted molar refractivity (Wildman–Crippen MR) is 42.3 cm³/mol. The molecule has 0 aliphatic carbocycles. The Morgan fingerprint density at radius 2 is 2.00 bits per heavy atom. The van der Waals surface area contributed by atoms with Gasteiger partial charge in [-0.2, -0.15) is 0 Å². The standard InChI is InChI=1S/C8H17N/c1-7(2)8(3,4)5-6-9/h1,5-6,9H2,2-4H3. The number of hydrogen-bond acceptors (Lipinski definition) is 1. The van der Waals surface area contributed by atoms with Gasteiger partial charge in [0.1, 0.15) is 0 Å². The van der Waals surface area contributed by atoms with Gasteiger partial charge in [0.25, 0.3) is 0 Å². The number of nitrogens with two attached hydrogens (primary N) is 1. The normalized spacial score (nSPS) is 11.6. The van der Waals surface area contributed by atoms with Crippen LogP contribution in [0.15, 0.2) is 12.2 Å². The van der Waals surface area contributed by atoms with E-state index >= 15 is 0 Å². The first-order valence-corrected chi connectivity index (χ1v) is 3.37. The fourth-order valence-electron chi connectivity index (χ4n) is 0.574. The second kappa shape index (κ2) is 3.02. The van der Waals surface area contributed by atoms with Crippen LogP contribution in [-0.4, -0.2) is 6.54 Å². The van der Waals surface area contributed by atoms with Gasteiger partial charge in [-0.1, -0.05) is 26.0 Å². The van der Waals surface area contributed by atoms with Crippen LogP contribution < -0.4 is 5.73 Å². The van der Waals surface area contributed by atoms with Crippen LogP contribution in [0.2, 0.25) is 0 Å². The molecule has 0 unspecified atom stereocenters. The molecule has 0 fully saturated rings. The summed E-state index contributed by atoms with van der Waals surface area (Å²) < 4.78 is 0. The molecule has 0 rings (SSSR count). The van der Waals surface area contributed by atoms with Crippen molar-refractivity contribution in [2.75, 3.05) is 6.54 Å². The number of rotatable bonds is 3. The molecule has 0 spiro atoms. The van der Waals surface area contributed by atoms with E-state index in [1.807, 2.05) is 0 Å². The molecule has 0 atom stereocenters. The molecule has 0 saturated heterocycles. The lowest BCUT2D eigenvalue weighted by molar-refractivity contribution is 0.416. The van der Waals surface area contributed by atoms with Gasteiger partial charge in [0.15, 0.2) is 0 Å². The molecule has 0 aliphatic rings. The lowest BCUT2D eigenvalue weighted by Gasteiger charge is -2.23. The summed E-state index contributed by atoms with van der Waals surface area (Å²) in [5.41, 5.74) is 6.86. The maximum Gasteiger partial charge on any atom is -0.00691 e. The molecule has 1 heteroatoms. The van der Waals surface area contributed by atoms with Crippen LogP contribution in [0.5, 0.6) is 0 Å². The molecule has 2 N–H and O–H groups in total. The van der Waals surface area contributed by atoms with Gasteiger partial charge in [-0.25, -0.2) is 0 Å². The quantitative estimate of drug-likeness (QED) is 0.576. The van der Waals surface area contributed by atoms with Crippen LogP contribution in [0, 0.1) is 5.41 Å². The molecule has 9 heavy (non-hydrogen) atoms. The molecule has 0 radical (unpaired) electrons. The molecule has 0 heterocycles. The summed E-state index contributed by atoms with van der Waals surface area (Å²) in [7, 11) is 0. The average Bonchev–Trinajstić information content (AvgIpc) is 1.65. The van der Waals surface area contributed by atoms with Crippen molar-refractivity contribution in [3.63, 3.8) is 0 Å². The smallest absolute Gasteiger partial charge is 0.00691 e. The highest BCUT2D eigenvalue weighted by Crippen LogP contribution is 2.27. The van der Waals surface area contributed by atoms with Crippen molar-refractivity contribution < 1.29 is 0 Å². The van der Waals surface area contributed by atoms with E-state index in [1.165, 1.54) is 5.57 Å². The summed E-state index contributed by atoms with van der Waals surface area (Å²) >= 11 is 0.